The van der Waals surface area contributed by atoms with Gasteiger partial charge in [-0.3, -0.25) is 4.98 Å². The molecule has 13 heavy (non-hydrogen) atoms. The second kappa shape index (κ2) is 3.32. The van der Waals surface area contributed by atoms with Crippen LogP contribution in [0.3, 0.4) is 0 Å². The van der Waals surface area contributed by atoms with E-state index in [-0.39, 0.29) is 5.92 Å². The van der Waals surface area contributed by atoms with Crippen LogP contribution in [0.4, 0.5) is 13.2 Å². The third-order valence-corrected chi connectivity index (χ3v) is 1.55. The van der Waals surface area contributed by atoms with Gasteiger partial charge >= 0.3 is 6.18 Å². The van der Waals surface area contributed by atoms with Crippen LogP contribution in [0.1, 0.15) is 31.2 Å². The Bertz CT molecular complexity index is 276. The lowest BCUT2D eigenvalue weighted by Crippen LogP contribution is -2.09. The molecule has 1 heterocycles. The average molecular weight is 190 g/mol. The summed E-state index contributed by atoms with van der Waals surface area (Å²) in [6.07, 6.45) is -2.48. The Morgan fingerprint density at radius 1 is 1.15 bits per heavy atom. The van der Waals surface area contributed by atoms with Crippen molar-refractivity contribution < 1.29 is 13.2 Å². The summed E-state index contributed by atoms with van der Waals surface area (Å²) in [5.74, 6) is 0.0924. The van der Waals surface area contributed by atoms with Crippen LogP contribution < -0.4 is 0 Å². The van der Waals surface area contributed by atoms with E-state index in [4.69, 9.17) is 0 Å². The van der Waals surface area contributed by atoms with Crippen molar-refractivity contribution in [3.05, 3.63) is 23.8 Å². The molecule has 2 nitrogen and oxygen atoms in total. The van der Waals surface area contributed by atoms with Crippen molar-refractivity contribution in [3.8, 4) is 0 Å². The first kappa shape index (κ1) is 9.95. The summed E-state index contributed by atoms with van der Waals surface area (Å²) >= 11 is 0. The van der Waals surface area contributed by atoms with Crippen molar-refractivity contribution in [1.29, 1.82) is 0 Å². The third kappa shape index (κ3) is 2.40. The van der Waals surface area contributed by atoms with Gasteiger partial charge in [0.05, 0.1) is 11.9 Å². The first-order valence-electron chi connectivity index (χ1n) is 3.80. The number of hydrogen-bond donors (Lipinski definition) is 0. The summed E-state index contributed by atoms with van der Waals surface area (Å²) in [5.41, 5.74) is -0.384. The lowest BCUT2D eigenvalue weighted by atomic mass is 10.1. The van der Waals surface area contributed by atoms with Crippen LogP contribution in [0, 0.1) is 0 Å². The molecule has 0 aliphatic carbocycles. The highest BCUT2D eigenvalue weighted by molar-refractivity contribution is 5.07. The van der Waals surface area contributed by atoms with Gasteiger partial charge in [-0.05, 0) is 5.92 Å². The lowest BCUT2D eigenvalue weighted by Gasteiger charge is -2.06. The van der Waals surface area contributed by atoms with Gasteiger partial charge < -0.3 is 0 Å². The quantitative estimate of drug-likeness (QED) is 0.680. The molecule has 0 saturated carbocycles. The molecule has 0 amide bonds. The Hall–Kier alpha value is -1.13. The second-order valence-electron chi connectivity index (χ2n) is 2.98. The van der Waals surface area contributed by atoms with Gasteiger partial charge in [-0.1, -0.05) is 13.8 Å². The van der Waals surface area contributed by atoms with Crippen molar-refractivity contribution in [2.45, 2.75) is 25.9 Å². The van der Waals surface area contributed by atoms with Gasteiger partial charge in [0.1, 0.15) is 0 Å². The molecule has 0 aromatic carbocycles. The zero-order valence-corrected chi connectivity index (χ0v) is 7.26. The van der Waals surface area contributed by atoms with E-state index in [0.717, 1.165) is 12.4 Å². The maximum absolute atomic E-state index is 12.0. The van der Waals surface area contributed by atoms with Gasteiger partial charge in [0.2, 0.25) is 0 Å². The van der Waals surface area contributed by atoms with Gasteiger partial charge in [-0.25, -0.2) is 4.98 Å². The first-order chi connectivity index (χ1) is 5.91. The maximum atomic E-state index is 12.0. The van der Waals surface area contributed by atoms with Crippen molar-refractivity contribution in [3.63, 3.8) is 0 Å². The predicted octanol–water partition coefficient (Wildman–Crippen LogP) is 2.62. The Morgan fingerprint density at radius 2 is 1.77 bits per heavy atom. The minimum absolute atomic E-state index is 0.0924. The van der Waals surface area contributed by atoms with Gasteiger partial charge in [-0.2, -0.15) is 13.2 Å². The fraction of sp³-hybridized carbons (Fsp3) is 0.500. The van der Waals surface area contributed by atoms with Gasteiger partial charge in [0, 0.05) is 6.20 Å². The molecule has 0 radical (unpaired) electrons. The number of hydrogen-bond acceptors (Lipinski definition) is 2. The van der Waals surface area contributed by atoms with Crippen LogP contribution in [0.25, 0.3) is 0 Å². The molecule has 0 fully saturated rings. The summed E-state index contributed by atoms with van der Waals surface area (Å²) in [5, 5.41) is 0. The summed E-state index contributed by atoms with van der Waals surface area (Å²) in [6, 6.07) is 0. The molecule has 0 aliphatic heterocycles. The van der Waals surface area contributed by atoms with Crippen molar-refractivity contribution in [2.75, 3.05) is 0 Å². The largest absolute Gasteiger partial charge is 0.434 e. The van der Waals surface area contributed by atoms with E-state index in [1.165, 1.54) is 0 Å². The zero-order chi connectivity index (χ0) is 10.1. The molecular weight excluding hydrogens is 181 g/mol. The molecule has 1 aromatic rings. The topological polar surface area (TPSA) is 25.8 Å². The van der Waals surface area contributed by atoms with Crippen molar-refractivity contribution >= 4 is 0 Å². The fourth-order valence-corrected chi connectivity index (χ4v) is 0.783. The number of aromatic nitrogens is 2. The van der Waals surface area contributed by atoms with E-state index >= 15 is 0 Å². The molecule has 0 aliphatic rings. The fourth-order valence-electron chi connectivity index (χ4n) is 0.783. The number of nitrogens with zero attached hydrogens (tertiary/aromatic N) is 2. The molecule has 0 unspecified atom stereocenters. The summed E-state index contributed by atoms with van der Waals surface area (Å²) in [6.45, 7) is 3.69. The Kier molecular flexibility index (Phi) is 2.54. The van der Waals surface area contributed by atoms with Crippen LogP contribution in [0.5, 0.6) is 0 Å². The van der Waals surface area contributed by atoms with Crippen LogP contribution >= 0.6 is 0 Å². The molecule has 1 rings (SSSR count). The standard InChI is InChI=1S/C8H9F3N2/c1-5(2)6-3-13-7(4-12-6)8(9,10)11/h3-5H,1-2H3. The lowest BCUT2D eigenvalue weighted by molar-refractivity contribution is -0.141. The SMILES string of the molecule is CC(C)c1cnc(C(F)(F)F)cn1. The van der Waals surface area contributed by atoms with E-state index in [2.05, 4.69) is 9.97 Å². The Balaban J connectivity index is 2.94. The van der Waals surface area contributed by atoms with Crippen LogP contribution in [0.15, 0.2) is 12.4 Å². The Labute approximate surface area is 73.8 Å². The highest BCUT2D eigenvalue weighted by atomic mass is 19.4. The molecule has 72 valence electrons. The number of halogens is 3. The minimum Gasteiger partial charge on any atom is -0.257 e. The molecular formula is C8H9F3N2. The second-order valence-corrected chi connectivity index (χ2v) is 2.98. The molecule has 0 spiro atoms. The molecule has 5 heteroatoms. The Morgan fingerprint density at radius 3 is 2.08 bits per heavy atom. The van der Waals surface area contributed by atoms with E-state index in [9.17, 15) is 13.2 Å². The third-order valence-electron chi connectivity index (χ3n) is 1.55. The number of alkyl halides is 3. The van der Waals surface area contributed by atoms with Crippen molar-refractivity contribution in [1.82, 2.24) is 9.97 Å². The molecule has 0 bridgehead atoms. The maximum Gasteiger partial charge on any atom is 0.434 e. The normalized spacial score (nSPS) is 12.2. The zero-order valence-electron chi connectivity index (χ0n) is 7.26. The van der Waals surface area contributed by atoms with Crippen LogP contribution in [-0.2, 0) is 6.18 Å². The van der Waals surface area contributed by atoms with Gasteiger partial charge in [0.15, 0.2) is 5.69 Å². The van der Waals surface area contributed by atoms with Gasteiger partial charge in [-0.15, -0.1) is 0 Å². The summed E-state index contributed by atoms with van der Waals surface area (Å²) in [7, 11) is 0. The first-order valence-corrected chi connectivity index (χ1v) is 3.80. The monoisotopic (exact) mass is 190 g/mol. The average Bonchev–Trinajstić information content (AvgIpc) is 2.03. The van der Waals surface area contributed by atoms with Crippen molar-refractivity contribution in [2.24, 2.45) is 0 Å². The highest BCUT2D eigenvalue weighted by Crippen LogP contribution is 2.26. The summed E-state index contributed by atoms with van der Waals surface area (Å²) in [4.78, 5) is 6.95. The van der Waals surface area contributed by atoms with Gasteiger partial charge in [0.25, 0.3) is 0 Å². The minimum atomic E-state index is -4.40. The van der Waals surface area contributed by atoms with E-state index < -0.39 is 11.9 Å². The van der Waals surface area contributed by atoms with Crippen LogP contribution in [-0.4, -0.2) is 9.97 Å². The van der Waals surface area contributed by atoms with E-state index in [1.54, 1.807) is 0 Å². The summed E-state index contributed by atoms with van der Waals surface area (Å²) < 4.78 is 36.1. The van der Waals surface area contributed by atoms with E-state index in [1.807, 2.05) is 13.8 Å². The molecule has 1 aromatic heterocycles. The van der Waals surface area contributed by atoms with Crippen LogP contribution in [0.2, 0.25) is 0 Å². The molecule has 0 atom stereocenters. The molecule has 0 N–H and O–H groups in total. The smallest absolute Gasteiger partial charge is 0.257 e. The molecule has 0 saturated heterocycles. The van der Waals surface area contributed by atoms with E-state index in [0.29, 0.717) is 5.69 Å². The predicted molar refractivity (Wildman–Crippen MR) is 41.1 cm³/mol. The number of rotatable bonds is 1. The highest BCUT2D eigenvalue weighted by Gasteiger charge is 2.32.